The zero-order valence-electron chi connectivity index (χ0n) is 4.96. The number of fused-ring (bicyclic) bond motifs is 1. The molecule has 0 fully saturated rings. The molecule has 52 valence electrons. The lowest BCUT2D eigenvalue weighted by atomic mass is 10.4. The van der Waals surface area contributed by atoms with Crippen molar-refractivity contribution in [3.63, 3.8) is 0 Å². The van der Waals surface area contributed by atoms with Gasteiger partial charge < -0.3 is 16.0 Å². The molecule has 5 N–H and O–H groups in total. The summed E-state index contributed by atoms with van der Waals surface area (Å²) in [5.41, 5.74) is 11.2. The fraction of sp³-hybridized carbons (Fsp3) is 0. The van der Waals surface area contributed by atoms with Gasteiger partial charge in [0.15, 0.2) is 5.82 Å². The number of aromatic nitrogens is 3. The molecule has 0 saturated carbocycles. The smallest absolute Gasteiger partial charge is 0.235 e. The molecule has 0 aliphatic rings. The van der Waals surface area contributed by atoms with Gasteiger partial charge in [-0.1, -0.05) is 5.16 Å². The minimum Gasteiger partial charge on any atom is -0.381 e. The predicted octanol–water partition coefficient (Wildman–Crippen LogP) is -0.285. The molecule has 0 radical (unpaired) electrons. The van der Waals surface area contributed by atoms with Crippen molar-refractivity contribution in [2.75, 3.05) is 11.5 Å². The van der Waals surface area contributed by atoms with Crippen molar-refractivity contribution in [1.29, 1.82) is 0 Å². The number of hydrogen-bond donors (Lipinski definition) is 3. The largest absolute Gasteiger partial charge is 0.381 e. The third-order valence-electron chi connectivity index (χ3n) is 1.26. The summed E-state index contributed by atoms with van der Waals surface area (Å²) in [6, 6.07) is 0. The number of anilines is 2. The van der Waals surface area contributed by atoms with E-state index in [4.69, 9.17) is 11.5 Å². The second kappa shape index (κ2) is 1.41. The Bertz CT molecular complexity index is 329. The van der Waals surface area contributed by atoms with Crippen LogP contribution in [0, 0.1) is 0 Å². The van der Waals surface area contributed by atoms with Gasteiger partial charge in [0, 0.05) is 0 Å². The summed E-state index contributed by atoms with van der Waals surface area (Å²) < 4.78 is 4.61. The maximum absolute atomic E-state index is 5.40. The van der Waals surface area contributed by atoms with E-state index in [-0.39, 0.29) is 5.88 Å². The van der Waals surface area contributed by atoms with Crippen molar-refractivity contribution in [2.45, 2.75) is 0 Å². The van der Waals surface area contributed by atoms with Crippen molar-refractivity contribution in [3.05, 3.63) is 0 Å². The molecular formula is C4H5N5O. The summed E-state index contributed by atoms with van der Waals surface area (Å²) in [6.07, 6.45) is 0. The van der Waals surface area contributed by atoms with Crippen molar-refractivity contribution in [2.24, 2.45) is 0 Å². The monoisotopic (exact) mass is 139 g/mol. The average molecular weight is 139 g/mol. The lowest BCUT2D eigenvalue weighted by Crippen LogP contribution is -1.87. The third-order valence-corrected chi connectivity index (χ3v) is 1.26. The number of nitrogens with two attached hydrogens (primary N) is 2. The molecule has 2 rings (SSSR count). The van der Waals surface area contributed by atoms with Gasteiger partial charge in [-0.3, -0.25) is 5.10 Å². The van der Waals surface area contributed by atoms with Gasteiger partial charge in [0.05, 0.1) is 0 Å². The quantitative estimate of drug-likeness (QED) is 0.465. The first-order valence-corrected chi connectivity index (χ1v) is 2.63. The highest BCUT2D eigenvalue weighted by Gasteiger charge is 2.10. The molecule has 0 spiro atoms. The van der Waals surface area contributed by atoms with Crippen molar-refractivity contribution < 1.29 is 4.52 Å². The number of H-pyrrole nitrogens is 1. The van der Waals surface area contributed by atoms with Crippen LogP contribution < -0.4 is 11.5 Å². The van der Waals surface area contributed by atoms with Gasteiger partial charge in [-0.05, 0) is 0 Å². The molecule has 6 heteroatoms. The number of nitrogens with zero attached hydrogens (tertiary/aromatic N) is 2. The Labute approximate surface area is 55.2 Å². The summed E-state index contributed by atoms with van der Waals surface area (Å²) in [5, 5.41) is 10.3. The standard InChI is InChI=1S/C4H5N5O/c5-2-1-3(6)10-9-4(1)8-7-2/h6H2,(H2,5,7)(H,8,9). The van der Waals surface area contributed by atoms with E-state index in [9.17, 15) is 0 Å². The van der Waals surface area contributed by atoms with Crippen LogP contribution in [0.2, 0.25) is 0 Å². The summed E-state index contributed by atoms with van der Waals surface area (Å²) in [5.74, 6) is 0.509. The van der Waals surface area contributed by atoms with E-state index in [0.29, 0.717) is 16.9 Å². The zero-order chi connectivity index (χ0) is 7.14. The molecule has 2 aromatic heterocycles. The first-order valence-electron chi connectivity index (χ1n) is 2.63. The number of nitrogens with one attached hydrogen (secondary N) is 1. The Balaban J connectivity index is 2.98. The number of nitrogen functional groups attached to an aromatic ring is 2. The van der Waals surface area contributed by atoms with Gasteiger partial charge in [-0.15, -0.1) is 0 Å². The van der Waals surface area contributed by atoms with Crippen LogP contribution in [-0.2, 0) is 0 Å². The molecule has 0 amide bonds. The van der Waals surface area contributed by atoms with E-state index in [2.05, 4.69) is 19.9 Å². The Morgan fingerprint density at radius 1 is 1.40 bits per heavy atom. The van der Waals surface area contributed by atoms with Crippen LogP contribution in [0.3, 0.4) is 0 Å². The highest BCUT2D eigenvalue weighted by Crippen LogP contribution is 2.22. The number of aromatic amines is 1. The number of hydrogen-bond acceptors (Lipinski definition) is 5. The first-order chi connectivity index (χ1) is 4.79. The minimum atomic E-state index is 0.196. The fourth-order valence-electron chi connectivity index (χ4n) is 0.796. The second-order valence-corrected chi connectivity index (χ2v) is 1.88. The SMILES string of the molecule is Nc1n[nH]c2noc(N)c12. The van der Waals surface area contributed by atoms with E-state index in [1.807, 2.05) is 0 Å². The zero-order valence-corrected chi connectivity index (χ0v) is 4.96. The average Bonchev–Trinajstić information content (AvgIpc) is 2.40. The molecular weight excluding hydrogens is 134 g/mol. The highest BCUT2D eigenvalue weighted by molar-refractivity contribution is 5.93. The molecule has 10 heavy (non-hydrogen) atoms. The molecule has 0 aliphatic heterocycles. The van der Waals surface area contributed by atoms with Crippen LogP contribution >= 0.6 is 0 Å². The van der Waals surface area contributed by atoms with E-state index in [1.54, 1.807) is 0 Å². The maximum atomic E-state index is 5.40. The highest BCUT2D eigenvalue weighted by atomic mass is 16.5. The molecule has 0 saturated heterocycles. The third kappa shape index (κ3) is 0.426. The van der Waals surface area contributed by atoms with Crippen molar-refractivity contribution in [3.8, 4) is 0 Å². The van der Waals surface area contributed by atoms with Gasteiger partial charge in [0.1, 0.15) is 5.39 Å². The molecule has 0 aromatic carbocycles. The van der Waals surface area contributed by atoms with Gasteiger partial charge in [-0.2, -0.15) is 5.10 Å². The Morgan fingerprint density at radius 3 is 2.90 bits per heavy atom. The fourth-order valence-corrected chi connectivity index (χ4v) is 0.796. The van der Waals surface area contributed by atoms with E-state index < -0.39 is 0 Å². The van der Waals surface area contributed by atoms with Gasteiger partial charge >= 0.3 is 0 Å². The van der Waals surface area contributed by atoms with Crippen LogP contribution in [0.5, 0.6) is 0 Å². The van der Waals surface area contributed by atoms with E-state index in [0.717, 1.165) is 0 Å². The topological polar surface area (TPSA) is 107 Å². The minimum absolute atomic E-state index is 0.196. The van der Waals surface area contributed by atoms with Crippen molar-refractivity contribution >= 4 is 22.7 Å². The van der Waals surface area contributed by atoms with Crippen molar-refractivity contribution in [1.82, 2.24) is 15.4 Å². The van der Waals surface area contributed by atoms with Crippen LogP contribution in [-0.4, -0.2) is 15.4 Å². The summed E-state index contributed by atoms with van der Waals surface area (Å²) in [7, 11) is 0. The second-order valence-electron chi connectivity index (χ2n) is 1.88. The molecule has 0 unspecified atom stereocenters. The summed E-state index contributed by atoms with van der Waals surface area (Å²) in [4.78, 5) is 0. The van der Waals surface area contributed by atoms with Crippen LogP contribution in [0.1, 0.15) is 0 Å². The Kier molecular flexibility index (Phi) is 0.717. The van der Waals surface area contributed by atoms with Gasteiger partial charge in [0.2, 0.25) is 11.5 Å². The van der Waals surface area contributed by atoms with E-state index in [1.165, 1.54) is 0 Å². The first kappa shape index (κ1) is 5.10. The lowest BCUT2D eigenvalue weighted by Gasteiger charge is -1.79. The summed E-state index contributed by atoms with van der Waals surface area (Å²) >= 11 is 0. The lowest BCUT2D eigenvalue weighted by molar-refractivity contribution is 0.442. The molecule has 2 aromatic rings. The van der Waals surface area contributed by atoms with E-state index >= 15 is 0 Å². The molecule has 0 atom stereocenters. The van der Waals surface area contributed by atoms with Crippen LogP contribution in [0.15, 0.2) is 4.52 Å². The normalized spacial score (nSPS) is 10.8. The maximum Gasteiger partial charge on any atom is 0.235 e. The summed E-state index contributed by atoms with van der Waals surface area (Å²) in [6.45, 7) is 0. The number of rotatable bonds is 0. The van der Waals surface area contributed by atoms with Gasteiger partial charge in [0.25, 0.3) is 0 Å². The van der Waals surface area contributed by atoms with Crippen LogP contribution in [0.4, 0.5) is 11.7 Å². The molecule has 6 nitrogen and oxygen atoms in total. The predicted molar refractivity (Wildman–Crippen MR) is 35.0 cm³/mol. The molecule has 0 bridgehead atoms. The van der Waals surface area contributed by atoms with Gasteiger partial charge in [-0.25, -0.2) is 0 Å². The van der Waals surface area contributed by atoms with Crippen LogP contribution in [0.25, 0.3) is 11.0 Å². The Hall–Kier alpha value is -1.72. The molecule has 2 heterocycles. The Morgan fingerprint density at radius 2 is 2.20 bits per heavy atom. The molecule has 0 aliphatic carbocycles.